The second-order valence-electron chi connectivity index (χ2n) is 3.27. The molecule has 0 aliphatic rings. The van der Waals surface area contributed by atoms with Crippen molar-refractivity contribution in [2.45, 2.75) is 6.18 Å². The maximum atomic E-state index is 12.8. The number of methoxy groups -OCH3 is 1. The third-order valence-corrected chi connectivity index (χ3v) is 2.67. The topological polar surface area (TPSA) is 50.1 Å². The summed E-state index contributed by atoms with van der Waals surface area (Å²) < 4.78 is 43.3. The molecule has 1 aromatic rings. The Morgan fingerprint density at radius 1 is 1.50 bits per heavy atom. The van der Waals surface area contributed by atoms with Crippen LogP contribution in [0, 0.1) is 11.3 Å². The van der Waals surface area contributed by atoms with Crippen LogP contribution in [0.5, 0.6) is 5.75 Å². The fourth-order valence-electron chi connectivity index (χ4n) is 1.42. The zero-order valence-corrected chi connectivity index (χ0v) is 10.7. The molecule has 0 aliphatic carbocycles. The molecule has 7 heteroatoms. The molecule has 0 heterocycles. The van der Waals surface area contributed by atoms with Crippen LogP contribution in [0.3, 0.4) is 0 Å². The molecule has 0 N–H and O–H groups in total. The summed E-state index contributed by atoms with van der Waals surface area (Å²) in [5.41, 5.74) is -1.95. The quantitative estimate of drug-likeness (QED) is 0.634. The third-order valence-electron chi connectivity index (χ3n) is 2.16. The minimum Gasteiger partial charge on any atom is -0.496 e. The van der Waals surface area contributed by atoms with Crippen LogP contribution in [0.15, 0.2) is 12.1 Å². The molecule has 0 amide bonds. The zero-order valence-electron chi connectivity index (χ0n) is 9.14. The van der Waals surface area contributed by atoms with E-state index in [4.69, 9.17) is 10.00 Å². The van der Waals surface area contributed by atoms with E-state index < -0.39 is 23.1 Å². The Labute approximate surface area is 109 Å². The molecule has 18 heavy (non-hydrogen) atoms. The predicted octanol–water partition coefficient (Wildman–Crippen LogP) is 3.16. The molecule has 0 aromatic heterocycles. The first-order chi connectivity index (χ1) is 8.35. The summed E-state index contributed by atoms with van der Waals surface area (Å²) in [4.78, 5) is 11.6. The van der Waals surface area contributed by atoms with Gasteiger partial charge in [0.2, 0.25) is 0 Å². The van der Waals surface area contributed by atoms with Crippen molar-refractivity contribution in [2.24, 2.45) is 0 Å². The number of Topliss-reactive ketones (excluding diaryl/α,β-unsaturated/α-hetero) is 1. The number of carbonyl (C=O) groups excluding carboxylic acids is 1. The van der Waals surface area contributed by atoms with Gasteiger partial charge in [0.05, 0.1) is 35.2 Å². The van der Waals surface area contributed by atoms with E-state index >= 15 is 0 Å². The number of benzene rings is 1. The molecule has 0 fully saturated rings. The monoisotopic (exact) mass is 321 g/mol. The summed E-state index contributed by atoms with van der Waals surface area (Å²) in [7, 11) is 1.14. The lowest BCUT2D eigenvalue weighted by Crippen LogP contribution is -2.15. The zero-order chi connectivity index (χ0) is 13.9. The molecule has 0 atom stereocenters. The number of ketones is 1. The van der Waals surface area contributed by atoms with E-state index in [1.54, 1.807) is 6.07 Å². The lowest BCUT2D eigenvalue weighted by Gasteiger charge is -2.15. The Morgan fingerprint density at radius 3 is 2.50 bits per heavy atom. The average Bonchev–Trinajstić information content (AvgIpc) is 2.34. The molecular formula is C11H7BrF3NO2. The molecular weight excluding hydrogens is 315 g/mol. The van der Waals surface area contributed by atoms with Crippen molar-refractivity contribution in [2.75, 3.05) is 12.4 Å². The number of rotatable bonds is 3. The predicted molar refractivity (Wildman–Crippen MR) is 60.8 cm³/mol. The van der Waals surface area contributed by atoms with E-state index in [1.807, 2.05) is 0 Å². The molecule has 3 nitrogen and oxygen atoms in total. The van der Waals surface area contributed by atoms with Crippen molar-refractivity contribution in [1.82, 2.24) is 0 Å². The van der Waals surface area contributed by atoms with Gasteiger partial charge in [-0.05, 0) is 12.1 Å². The number of hydrogen-bond acceptors (Lipinski definition) is 3. The number of nitrogens with zero attached hydrogens (tertiary/aromatic N) is 1. The molecule has 0 spiro atoms. The number of halogens is 4. The summed E-state index contributed by atoms with van der Waals surface area (Å²) in [6.45, 7) is 0. The van der Waals surface area contributed by atoms with Gasteiger partial charge in [0.15, 0.2) is 5.78 Å². The average molecular weight is 322 g/mol. The van der Waals surface area contributed by atoms with E-state index in [9.17, 15) is 18.0 Å². The number of ether oxygens (including phenoxy) is 1. The first-order valence-electron chi connectivity index (χ1n) is 4.63. The van der Waals surface area contributed by atoms with Gasteiger partial charge in [-0.3, -0.25) is 4.79 Å². The van der Waals surface area contributed by atoms with Crippen LogP contribution in [-0.2, 0) is 6.18 Å². The van der Waals surface area contributed by atoms with Gasteiger partial charge < -0.3 is 4.74 Å². The smallest absolute Gasteiger partial charge is 0.417 e. The van der Waals surface area contributed by atoms with E-state index in [2.05, 4.69) is 15.9 Å². The summed E-state index contributed by atoms with van der Waals surface area (Å²) in [5, 5.41) is 8.40. The van der Waals surface area contributed by atoms with Gasteiger partial charge in [-0.1, -0.05) is 15.9 Å². The largest absolute Gasteiger partial charge is 0.496 e. The first kappa shape index (κ1) is 14.5. The first-order valence-corrected chi connectivity index (χ1v) is 5.75. The second-order valence-corrected chi connectivity index (χ2v) is 3.83. The fourth-order valence-corrected chi connectivity index (χ4v) is 1.70. The highest BCUT2D eigenvalue weighted by molar-refractivity contribution is 9.09. The van der Waals surface area contributed by atoms with Crippen LogP contribution in [0.25, 0.3) is 0 Å². The van der Waals surface area contributed by atoms with Crippen LogP contribution < -0.4 is 4.74 Å². The van der Waals surface area contributed by atoms with Gasteiger partial charge in [-0.25, -0.2) is 0 Å². The van der Waals surface area contributed by atoms with Gasteiger partial charge in [-0.15, -0.1) is 0 Å². The SMILES string of the molecule is COc1cc(C#N)cc(C(F)(F)F)c1C(=O)CBr. The van der Waals surface area contributed by atoms with E-state index in [0.717, 1.165) is 13.2 Å². The molecule has 0 aliphatic heterocycles. The van der Waals surface area contributed by atoms with Crippen LogP contribution in [0.4, 0.5) is 13.2 Å². The van der Waals surface area contributed by atoms with Crippen LogP contribution in [-0.4, -0.2) is 18.2 Å². The van der Waals surface area contributed by atoms with Crippen molar-refractivity contribution < 1.29 is 22.7 Å². The Bertz CT molecular complexity index is 520. The van der Waals surface area contributed by atoms with Crippen molar-refractivity contribution in [3.63, 3.8) is 0 Å². The fraction of sp³-hybridized carbons (Fsp3) is 0.273. The third kappa shape index (κ3) is 2.82. The Morgan fingerprint density at radius 2 is 2.11 bits per heavy atom. The number of alkyl halides is 4. The summed E-state index contributed by atoms with van der Waals surface area (Å²) >= 11 is 2.81. The van der Waals surface area contributed by atoms with Gasteiger partial charge in [-0.2, -0.15) is 18.4 Å². The Hall–Kier alpha value is -1.55. The second kappa shape index (κ2) is 5.40. The van der Waals surface area contributed by atoms with E-state index in [0.29, 0.717) is 6.07 Å². The Kier molecular flexibility index (Phi) is 4.35. The van der Waals surface area contributed by atoms with Crippen LogP contribution in [0.2, 0.25) is 0 Å². The van der Waals surface area contributed by atoms with Gasteiger partial charge in [0.1, 0.15) is 5.75 Å². The number of carbonyl (C=O) groups is 1. The van der Waals surface area contributed by atoms with Gasteiger partial charge in [0, 0.05) is 0 Å². The van der Waals surface area contributed by atoms with Crippen LogP contribution in [0.1, 0.15) is 21.5 Å². The lowest BCUT2D eigenvalue weighted by molar-refractivity contribution is -0.138. The number of hydrogen-bond donors (Lipinski definition) is 0. The molecule has 1 aromatic carbocycles. The molecule has 0 saturated carbocycles. The minimum absolute atomic E-state index is 0.217. The molecule has 1 rings (SSSR count). The van der Waals surface area contributed by atoms with Gasteiger partial charge >= 0.3 is 6.18 Å². The maximum absolute atomic E-state index is 12.8. The highest BCUT2D eigenvalue weighted by Crippen LogP contribution is 2.37. The maximum Gasteiger partial charge on any atom is 0.417 e. The molecule has 0 radical (unpaired) electrons. The minimum atomic E-state index is -4.73. The number of nitriles is 1. The van der Waals surface area contributed by atoms with Crippen molar-refractivity contribution in [3.05, 3.63) is 28.8 Å². The molecule has 0 bridgehead atoms. The normalized spacial score (nSPS) is 10.9. The van der Waals surface area contributed by atoms with Crippen molar-refractivity contribution >= 4 is 21.7 Å². The summed E-state index contributed by atoms with van der Waals surface area (Å²) in [6, 6.07) is 3.33. The summed E-state index contributed by atoms with van der Waals surface area (Å²) in [5.74, 6) is -1.02. The Balaban J connectivity index is 3.64. The molecule has 96 valence electrons. The van der Waals surface area contributed by atoms with E-state index in [-0.39, 0.29) is 16.6 Å². The van der Waals surface area contributed by atoms with E-state index in [1.165, 1.54) is 0 Å². The van der Waals surface area contributed by atoms with Gasteiger partial charge in [0.25, 0.3) is 0 Å². The highest BCUT2D eigenvalue weighted by Gasteiger charge is 2.37. The summed E-state index contributed by atoms with van der Waals surface area (Å²) in [6.07, 6.45) is -4.73. The highest BCUT2D eigenvalue weighted by atomic mass is 79.9. The lowest BCUT2D eigenvalue weighted by atomic mass is 9.99. The van der Waals surface area contributed by atoms with Crippen molar-refractivity contribution in [1.29, 1.82) is 5.26 Å². The van der Waals surface area contributed by atoms with Crippen LogP contribution >= 0.6 is 15.9 Å². The van der Waals surface area contributed by atoms with Crippen molar-refractivity contribution in [3.8, 4) is 11.8 Å². The molecule has 0 unspecified atom stereocenters. The molecule has 0 saturated heterocycles. The standard InChI is InChI=1S/C11H7BrF3NO2/c1-18-9-3-6(5-16)2-7(11(13,14)15)10(9)8(17)4-12/h2-3H,4H2,1H3.